The number of carbonyl (C=O) groups excluding carboxylic acids is 1. The van der Waals surface area contributed by atoms with Gasteiger partial charge in [-0.3, -0.25) is 4.79 Å². The summed E-state index contributed by atoms with van der Waals surface area (Å²) in [7, 11) is 0. The predicted molar refractivity (Wildman–Crippen MR) is 74.0 cm³/mol. The quantitative estimate of drug-likeness (QED) is 0.217. The number of nitrogens with one attached hydrogen (secondary N) is 1. The molecule has 1 amide bonds. The first kappa shape index (κ1) is 20.2. The minimum absolute atomic E-state index is 0.228. The molecule has 0 fully saturated rings. The topological polar surface area (TPSA) is 150 Å². The van der Waals surface area contributed by atoms with Crippen LogP contribution >= 0.6 is 0 Å². The largest absolute Gasteiger partial charge is 0.394 e. The van der Waals surface area contributed by atoms with Gasteiger partial charge in [0.25, 0.3) is 5.91 Å². The molecule has 0 saturated heterocycles. The molecule has 8 heteroatoms. The molecular formula is C13H26NO7. The molecule has 7 N–H and O–H groups in total. The highest BCUT2D eigenvalue weighted by atomic mass is 16.4. The van der Waals surface area contributed by atoms with E-state index in [1.54, 1.807) is 13.8 Å². The minimum Gasteiger partial charge on any atom is -0.394 e. The summed E-state index contributed by atoms with van der Waals surface area (Å²) in [6, 6.07) is 0. The Morgan fingerprint density at radius 1 is 1.10 bits per heavy atom. The third-order valence-electron chi connectivity index (χ3n) is 3.28. The van der Waals surface area contributed by atoms with Crippen molar-refractivity contribution in [1.29, 1.82) is 0 Å². The van der Waals surface area contributed by atoms with Crippen LogP contribution in [0, 0.1) is 5.92 Å². The highest BCUT2D eigenvalue weighted by molar-refractivity contribution is 5.81. The minimum atomic E-state index is -1.91. The van der Waals surface area contributed by atoms with Gasteiger partial charge in [-0.05, 0) is 19.8 Å². The number of amides is 1. The summed E-state index contributed by atoms with van der Waals surface area (Å²) in [6.07, 6.45) is -6.67. The van der Waals surface area contributed by atoms with Crippen LogP contribution in [0.4, 0.5) is 0 Å². The molecule has 0 aliphatic carbocycles. The Bertz CT molecular complexity index is 300. The second kappa shape index (κ2) is 10.0. The van der Waals surface area contributed by atoms with Crippen LogP contribution in [0.3, 0.4) is 0 Å². The summed E-state index contributed by atoms with van der Waals surface area (Å²) in [5, 5.41) is 57.8. The lowest BCUT2D eigenvalue weighted by Gasteiger charge is -2.25. The van der Waals surface area contributed by atoms with E-state index in [4.69, 9.17) is 10.2 Å². The smallest absolute Gasteiger partial charge is 0.251 e. The van der Waals surface area contributed by atoms with Crippen molar-refractivity contribution in [1.82, 2.24) is 5.32 Å². The molecule has 5 atom stereocenters. The fraction of sp³-hybridized carbons (Fsp3) is 0.846. The molecule has 0 aliphatic heterocycles. The number of aliphatic hydroxyl groups is 6. The maximum atomic E-state index is 11.5. The van der Waals surface area contributed by atoms with Crippen molar-refractivity contribution in [3.8, 4) is 0 Å². The van der Waals surface area contributed by atoms with Crippen molar-refractivity contribution < 1.29 is 35.4 Å². The molecule has 125 valence electrons. The molecule has 21 heavy (non-hydrogen) atoms. The van der Waals surface area contributed by atoms with E-state index < -0.39 is 43.0 Å². The second-order valence-corrected chi connectivity index (χ2v) is 5.09. The third kappa shape index (κ3) is 7.16. The van der Waals surface area contributed by atoms with Gasteiger partial charge in [0.2, 0.25) is 0 Å². The Morgan fingerprint density at radius 2 is 1.67 bits per heavy atom. The Labute approximate surface area is 124 Å². The van der Waals surface area contributed by atoms with Crippen LogP contribution < -0.4 is 5.32 Å². The van der Waals surface area contributed by atoms with Crippen molar-refractivity contribution in [2.24, 2.45) is 0 Å². The van der Waals surface area contributed by atoms with Crippen LogP contribution in [0.25, 0.3) is 0 Å². The van der Waals surface area contributed by atoms with Gasteiger partial charge < -0.3 is 36.0 Å². The van der Waals surface area contributed by atoms with Crippen molar-refractivity contribution in [3.05, 3.63) is 5.92 Å². The molecule has 8 nitrogen and oxygen atoms in total. The summed E-state index contributed by atoms with van der Waals surface area (Å²) in [6.45, 7) is 2.85. The average Bonchev–Trinajstić information content (AvgIpc) is 2.47. The van der Waals surface area contributed by atoms with Crippen LogP contribution in [0.2, 0.25) is 0 Å². The zero-order valence-corrected chi connectivity index (χ0v) is 12.3. The molecular weight excluding hydrogens is 282 g/mol. The molecule has 1 radical (unpaired) electrons. The first-order valence-corrected chi connectivity index (χ1v) is 6.83. The fourth-order valence-electron chi connectivity index (χ4n) is 1.57. The van der Waals surface area contributed by atoms with Crippen LogP contribution in [-0.2, 0) is 4.79 Å². The Morgan fingerprint density at radius 3 is 2.14 bits per heavy atom. The summed E-state index contributed by atoms with van der Waals surface area (Å²) < 4.78 is 0. The summed E-state index contributed by atoms with van der Waals surface area (Å²) in [4.78, 5) is 11.5. The van der Waals surface area contributed by atoms with E-state index in [0.29, 0.717) is 12.8 Å². The molecule has 0 heterocycles. The summed E-state index contributed by atoms with van der Waals surface area (Å²) in [5.41, 5.74) is 0. The van der Waals surface area contributed by atoms with E-state index in [1.165, 1.54) is 0 Å². The fourth-order valence-corrected chi connectivity index (χ4v) is 1.57. The number of carbonyl (C=O) groups is 1. The van der Waals surface area contributed by atoms with Gasteiger partial charge in [0.15, 0.2) is 6.10 Å². The number of rotatable bonds is 10. The van der Waals surface area contributed by atoms with Gasteiger partial charge in [-0.2, -0.15) is 0 Å². The highest BCUT2D eigenvalue weighted by Crippen LogP contribution is 2.12. The Hall–Kier alpha value is -0.770. The molecule has 1 unspecified atom stereocenters. The SMILES string of the molecule is C[C](CCCNC(=O)[C@H](O)[C@@H](O)[C@H](O)[C@H](O)CO)C(C)O. The number of aliphatic hydroxyl groups excluding tert-OH is 6. The molecule has 0 spiro atoms. The highest BCUT2D eigenvalue weighted by Gasteiger charge is 2.33. The van der Waals surface area contributed by atoms with Crippen LogP contribution in [-0.4, -0.2) is 80.2 Å². The maximum Gasteiger partial charge on any atom is 0.251 e. The lowest BCUT2D eigenvalue weighted by molar-refractivity contribution is -0.148. The molecule has 0 aromatic rings. The van der Waals surface area contributed by atoms with E-state index >= 15 is 0 Å². The monoisotopic (exact) mass is 308 g/mol. The van der Waals surface area contributed by atoms with Crippen molar-refractivity contribution in [3.63, 3.8) is 0 Å². The van der Waals surface area contributed by atoms with Crippen LogP contribution in [0.15, 0.2) is 0 Å². The van der Waals surface area contributed by atoms with Gasteiger partial charge in [0.05, 0.1) is 12.7 Å². The predicted octanol–water partition coefficient (Wildman–Crippen LogP) is -2.71. The van der Waals surface area contributed by atoms with Gasteiger partial charge in [-0.1, -0.05) is 6.92 Å². The molecule has 0 aromatic heterocycles. The molecule has 0 bridgehead atoms. The standard InChI is InChI=1S/C13H26NO7/c1-7(8(2)16)4-3-5-14-13(21)12(20)11(19)10(18)9(17)6-15/h8-12,15-20H,3-6H2,1-2H3,(H,14,21)/t8?,9-,10-,11+,12-/m1/s1. The van der Waals surface area contributed by atoms with E-state index in [1.807, 2.05) is 0 Å². The van der Waals surface area contributed by atoms with Gasteiger partial charge in [-0.15, -0.1) is 0 Å². The zero-order valence-electron chi connectivity index (χ0n) is 12.3. The van der Waals surface area contributed by atoms with Gasteiger partial charge in [0, 0.05) is 12.5 Å². The average molecular weight is 308 g/mol. The molecule has 0 aromatic carbocycles. The van der Waals surface area contributed by atoms with Gasteiger partial charge >= 0.3 is 0 Å². The molecule has 0 rings (SSSR count). The van der Waals surface area contributed by atoms with E-state index in [2.05, 4.69) is 5.32 Å². The first-order valence-electron chi connectivity index (χ1n) is 6.83. The normalized spacial score (nSPS) is 18.9. The number of hydrogen-bond donors (Lipinski definition) is 7. The van der Waals surface area contributed by atoms with Gasteiger partial charge in [0.1, 0.15) is 18.3 Å². The van der Waals surface area contributed by atoms with E-state index in [-0.39, 0.29) is 6.54 Å². The summed E-state index contributed by atoms with van der Waals surface area (Å²) >= 11 is 0. The Balaban J connectivity index is 4.10. The second-order valence-electron chi connectivity index (χ2n) is 5.09. The van der Waals surface area contributed by atoms with Crippen LogP contribution in [0.1, 0.15) is 26.7 Å². The molecule has 0 saturated carbocycles. The zero-order chi connectivity index (χ0) is 16.6. The van der Waals surface area contributed by atoms with E-state index in [9.17, 15) is 25.2 Å². The lowest BCUT2D eigenvalue weighted by atomic mass is 10.00. The molecule has 0 aliphatic rings. The van der Waals surface area contributed by atoms with Crippen LogP contribution in [0.5, 0.6) is 0 Å². The van der Waals surface area contributed by atoms with Crippen molar-refractivity contribution in [2.45, 2.75) is 57.2 Å². The first-order chi connectivity index (χ1) is 9.72. The Kier molecular flexibility index (Phi) is 9.67. The third-order valence-corrected chi connectivity index (χ3v) is 3.28. The van der Waals surface area contributed by atoms with E-state index in [0.717, 1.165) is 5.92 Å². The van der Waals surface area contributed by atoms with Crippen molar-refractivity contribution >= 4 is 5.91 Å². The van der Waals surface area contributed by atoms with Crippen molar-refractivity contribution in [2.75, 3.05) is 13.2 Å². The maximum absolute atomic E-state index is 11.5. The lowest BCUT2D eigenvalue weighted by Crippen LogP contribution is -2.51. The number of hydrogen-bond acceptors (Lipinski definition) is 7. The van der Waals surface area contributed by atoms with Gasteiger partial charge in [-0.25, -0.2) is 0 Å². The summed E-state index contributed by atoms with van der Waals surface area (Å²) in [5.74, 6) is -0.0206.